The lowest BCUT2D eigenvalue weighted by Crippen LogP contribution is -2.23. The topological polar surface area (TPSA) is 12.0 Å². The molecule has 1 atom stereocenters. The molecule has 2 aromatic rings. The van der Waals surface area contributed by atoms with E-state index in [4.69, 9.17) is 23.2 Å². The highest BCUT2D eigenvalue weighted by Crippen LogP contribution is 2.27. The van der Waals surface area contributed by atoms with Crippen LogP contribution in [0.5, 0.6) is 0 Å². The van der Waals surface area contributed by atoms with E-state index < -0.39 is 0 Å². The molecule has 1 nitrogen and oxygen atoms in total. The number of nitrogens with one attached hydrogen (secondary N) is 1. The molecule has 0 radical (unpaired) electrons. The molecule has 0 heterocycles. The molecule has 0 saturated carbocycles. The normalized spacial score (nSPS) is 12.4. The van der Waals surface area contributed by atoms with Gasteiger partial charge in [-0.1, -0.05) is 42.3 Å². The molecule has 20 heavy (non-hydrogen) atoms. The third-order valence-electron chi connectivity index (χ3n) is 3.14. The molecule has 0 spiro atoms. The van der Waals surface area contributed by atoms with E-state index in [-0.39, 0.29) is 6.04 Å². The van der Waals surface area contributed by atoms with Gasteiger partial charge in [-0.25, -0.2) is 0 Å². The fourth-order valence-electron chi connectivity index (χ4n) is 2.18. The van der Waals surface area contributed by atoms with E-state index in [2.05, 4.69) is 53.0 Å². The van der Waals surface area contributed by atoms with Crippen molar-refractivity contribution in [3.63, 3.8) is 0 Å². The Morgan fingerprint density at radius 1 is 1.05 bits per heavy atom. The second kappa shape index (κ2) is 7.64. The maximum Gasteiger partial charge on any atom is 0.0410 e. The van der Waals surface area contributed by atoms with E-state index in [1.807, 2.05) is 24.3 Å². The summed E-state index contributed by atoms with van der Waals surface area (Å²) in [5.41, 5.74) is 2.51. The highest BCUT2D eigenvalue weighted by Gasteiger charge is 2.14. The average Bonchev–Trinajstić information content (AvgIpc) is 2.43. The van der Waals surface area contributed by atoms with E-state index >= 15 is 0 Å². The first-order valence-corrected chi connectivity index (χ1v) is 8.36. The van der Waals surface area contributed by atoms with E-state index in [1.54, 1.807) is 0 Å². The molecule has 0 saturated heterocycles. The summed E-state index contributed by atoms with van der Waals surface area (Å²) in [6.07, 6.45) is 0.918. The van der Waals surface area contributed by atoms with Crippen LogP contribution in [0.1, 0.15) is 24.1 Å². The van der Waals surface area contributed by atoms with Crippen LogP contribution in [0, 0.1) is 3.57 Å². The molecule has 0 aliphatic carbocycles. The van der Waals surface area contributed by atoms with Crippen LogP contribution in [-0.2, 0) is 6.42 Å². The maximum atomic E-state index is 6.14. The minimum atomic E-state index is 0.256. The van der Waals surface area contributed by atoms with Gasteiger partial charge in [-0.15, -0.1) is 0 Å². The lowest BCUT2D eigenvalue weighted by Gasteiger charge is -2.20. The molecule has 0 amide bonds. The van der Waals surface area contributed by atoms with Crippen LogP contribution in [0.3, 0.4) is 0 Å². The van der Waals surface area contributed by atoms with Gasteiger partial charge in [0.15, 0.2) is 0 Å². The maximum absolute atomic E-state index is 6.14. The molecule has 2 aromatic carbocycles. The van der Waals surface area contributed by atoms with Gasteiger partial charge in [0.05, 0.1) is 0 Å². The molecule has 0 fully saturated rings. The van der Waals surface area contributed by atoms with Crippen molar-refractivity contribution in [3.05, 3.63) is 67.2 Å². The third kappa shape index (κ3) is 4.35. The minimum absolute atomic E-state index is 0.256. The summed E-state index contributed by atoms with van der Waals surface area (Å²) in [6.45, 7) is 3.03. The SMILES string of the molecule is CCNC(Cc1ccc(Cl)cc1)c1cc(Cl)ccc1I. The molecular weight excluding hydrogens is 404 g/mol. The third-order valence-corrected chi connectivity index (χ3v) is 4.61. The Morgan fingerprint density at radius 2 is 1.70 bits per heavy atom. The smallest absolute Gasteiger partial charge is 0.0410 e. The Morgan fingerprint density at radius 3 is 2.35 bits per heavy atom. The minimum Gasteiger partial charge on any atom is -0.310 e. The fraction of sp³-hybridized carbons (Fsp3) is 0.250. The van der Waals surface area contributed by atoms with Crippen LogP contribution in [0.25, 0.3) is 0 Å². The van der Waals surface area contributed by atoms with Crippen LogP contribution in [0.2, 0.25) is 10.0 Å². The van der Waals surface area contributed by atoms with Crippen molar-refractivity contribution in [3.8, 4) is 0 Å². The lowest BCUT2D eigenvalue weighted by molar-refractivity contribution is 0.548. The molecule has 0 aromatic heterocycles. The van der Waals surface area contributed by atoms with Crippen LogP contribution >= 0.6 is 45.8 Å². The van der Waals surface area contributed by atoms with Gasteiger partial charge in [0.25, 0.3) is 0 Å². The number of hydrogen-bond donors (Lipinski definition) is 1. The Hall–Kier alpha value is -0.290. The highest BCUT2D eigenvalue weighted by atomic mass is 127. The second-order valence-electron chi connectivity index (χ2n) is 4.61. The van der Waals surface area contributed by atoms with Gasteiger partial charge in [0.2, 0.25) is 0 Å². The predicted molar refractivity (Wildman–Crippen MR) is 95.7 cm³/mol. The zero-order valence-electron chi connectivity index (χ0n) is 11.2. The number of likely N-dealkylation sites (N-methyl/N-ethyl adjacent to an activating group) is 1. The van der Waals surface area contributed by atoms with Gasteiger partial charge < -0.3 is 5.32 Å². The Labute approximate surface area is 143 Å². The van der Waals surface area contributed by atoms with Crippen LogP contribution < -0.4 is 5.32 Å². The molecule has 4 heteroatoms. The number of benzene rings is 2. The van der Waals surface area contributed by atoms with Gasteiger partial charge >= 0.3 is 0 Å². The summed E-state index contributed by atoms with van der Waals surface area (Å²) in [4.78, 5) is 0. The van der Waals surface area contributed by atoms with E-state index in [0.717, 1.165) is 23.0 Å². The van der Waals surface area contributed by atoms with Crippen molar-refractivity contribution >= 4 is 45.8 Å². The standard InChI is InChI=1S/C16H16Cl2IN/c1-2-20-16(9-11-3-5-12(17)6-4-11)14-10-13(18)7-8-15(14)19/h3-8,10,16,20H,2,9H2,1H3. The summed E-state index contributed by atoms with van der Waals surface area (Å²) < 4.78 is 1.23. The molecule has 0 aliphatic rings. The molecule has 2 rings (SSSR count). The Kier molecular flexibility index (Phi) is 6.15. The zero-order valence-corrected chi connectivity index (χ0v) is 14.8. The van der Waals surface area contributed by atoms with Gasteiger partial charge in [-0.05, 0) is 77.0 Å². The summed E-state index contributed by atoms with van der Waals surface area (Å²) in [7, 11) is 0. The van der Waals surface area contributed by atoms with Crippen molar-refractivity contribution in [1.82, 2.24) is 5.32 Å². The largest absolute Gasteiger partial charge is 0.310 e. The molecule has 1 N–H and O–H groups in total. The first kappa shape index (κ1) is 16.1. The molecule has 1 unspecified atom stereocenters. The lowest BCUT2D eigenvalue weighted by atomic mass is 9.99. The quantitative estimate of drug-likeness (QED) is 0.631. The Balaban J connectivity index is 2.26. The van der Waals surface area contributed by atoms with Gasteiger partial charge in [-0.3, -0.25) is 0 Å². The first-order valence-electron chi connectivity index (χ1n) is 6.53. The van der Waals surface area contributed by atoms with Crippen LogP contribution in [0.4, 0.5) is 0 Å². The van der Waals surface area contributed by atoms with Crippen LogP contribution in [0.15, 0.2) is 42.5 Å². The molecule has 0 aliphatic heterocycles. The van der Waals surface area contributed by atoms with Crippen molar-refractivity contribution in [2.45, 2.75) is 19.4 Å². The summed E-state index contributed by atoms with van der Waals surface area (Å²) in [5.74, 6) is 0. The van der Waals surface area contributed by atoms with E-state index in [0.29, 0.717) is 0 Å². The molecular formula is C16H16Cl2IN. The zero-order chi connectivity index (χ0) is 14.5. The van der Waals surface area contributed by atoms with E-state index in [9.17, 15) is 0 Å². The number of rotatable bonds is 5. The summed E-state index contributed by atoms with van der Waals surface area (Å²) >= 11 is 14.4. The number of hydrogen-bond acceptors (Lipinski definition) is 1. The molecule has 0 bridgehead atoms. The van der Waals surface area contributed by atoms with Crippen molar-refractivity contribution in [1.29, 1.82) is 0 Å². The van der Waals surface area contributed by atoms with Crippen molar-refractivity contribution < 1.29 is 0 Å². The summed E-state index contributed by atoms with van der Waals surface area (Å²) in [6, 6.07) is 14.3. The average molecular weight is 420 g/mol. The van der Waals surface area contributed by atoms with Crippen molar-refractivity contribution in [2.24, 2.45) is 0 Å². The predicted octanol–water partition coefficient (Wildman–Crippen LogP) is 5.49. The van der Waals surface area contributed by atoms with Gasteiger partial charge in [0, 0.05) is 19.7 Å². The van der Waals surface area contributed by atoms with Crippen LogP contribution in [-0.4, -0.2) is 6.54 Å². The second-order valence-corrected chi connectivity index (χ2v) is 6.64. The first-order chi connectivity index (χ1) is 9.60. The van der Waals surface area contributed by atoms with E-state index in [1.165, 1.54) is 14.7 Å². The monoisotopic (exact) mass is 419 g/mol. The fourth-order valence-corrected chi connectivity index (χ4v) is 3.19. The van der Waals surface area contributed by atoms with Gasteiger partial charge in [-0.2, -0.15) is 0 Å². The molecule has 106 valence electrons. The van der Waals surface area contributed by atoms with Crippen molar-refractivity contribution in [2.75, 3.05) is 6.54 Å². The van der Waals surface area contributed by atoms with Gasteiger partial charge in [0.1, 0.15) is 0 Å². The summed E-state index contributed by atoms with van der Waals surface area (Å²) in [5, 5.41) is 5.08. The Bertz CT molecular complexity index is 569. The highest BCUT2D eigenvalue weighted by molar-refractivity contribution is 14.1. The number of halogens is 3.